The molecule has 2 aromatic heterocycles. The molecule has 0 fully saturated rings. The average molecular weight is 418 g/mol. The Morgan fingerprint density at radius 3 is 2.53 bits per heavy atom. The van der Waals surface area contributed by atoms with Crippen LogP contribution in [0.2, 0.25) is 0 Å². The normalized spacial score (nSPS) is 12.0. The van der Waals surface area contributed by atoms with E-state index in [1.165, 1.54) is 5.56 Å². The number of benzene rings is 2. The van der Waals surface area contributed by atoms with Crippen molar-refractivity contribution in [1.29, 1.82) is 0 Å². The van der Waals surface area contributed by atoms with Crippen LogP contribution in [0.25, 0.3) is 22.2 Å². The van der Waals surface area contributed by atoms with Crippen molar-refractivity contribution in [2.75, 3.05) is 30.6 Å². The molecule has 152 valence electrons. The molecule has 0 bridgehead atoms. The Hall–Kier alpha value is -3.32. The summed E-state index contributed by atoms with van der Waals surface area (Å²) in [6.07, 6.45) is 8.40. The second kappa shape index (κ2) is 8.20. The number of fused-ring (bicyclic) bond motifs is 1. The lowest BCUT2D eigenvalue weighted by atomic mass is 9.98. The van der Waals surface area contributed by atoms with Crippen molar-refractivity contribution in [2.24, 2.45) is 0 Å². The van der Waals surface area contributed by atoms with E-state index in [0.717, 1.165) is 33.5 Å². The molecule has 0 aliphatic heterocycles. The maximum absolute atomic E-state index is 12.1. The van der Waals surface area contributed by atoms with Gasteiger partial charge in [-0.3, -0.25) is 19.2 Å². The van der Waals surface area contributed by atoms with Crippen molar-refractivity contribution in [2.45, 2.75) is 11.8 Å². The fraction of sp³-hybridized carbons (Fsp3) is 0.174. The van der Waals surface area contributed by atoms with Gasteiger partial charge < -0.3 is 10.2 Å². The largest absolute Gasteiger partial charge is 0.377 e. The minimum absolute atomic E-state index is 0.704. The van der Waals surface area contributed by atoms with Gasteiger partial charge in [0.1, 0.15) is 0 Å². The number of aryl methyl sites for hydroxylation is 1. The van der Waals surface area contributed by atoms with E-state index in [1.54, 1.807) is 37.1 Å². The lowest BCUT2D eigenvalue weighted by Gasteiger charge is -2.20. The number of nitrogens with one attached hydrogen (secondary N) is 1. The highest BCUT2D eigenvalue weighted by atomic mass is 32.2. The molecule has 0 saturated heterocycles. The Morgan fingerprint density at radius 1 is 0.967 bits per heavy atom. The van der Waals surface area contributed by atoms with E-state index >= 15 is 0 Å². The maximum atomic E-state index is 12.1. The number of aromatic nitrogens is 3. The molecular formula is C23H23N5OS. The number of pyridine rings is 1. The highest BCUT2D eigenvalue weighted by molar-refractivity contribution is 7.84. The Kier molecular flexibility index (Phi) is 5.46. The van der Waals surface area contributed by atoms with Crippen molar-refractivity contribution in [1.82, 2.24) is 15.0 Å². The predicted octanol–water partition coefficient (Wildman–Crippen LogP) is 4.55. The van der Waals surface area contributed by atoms with Crippen molar-refractivity contribution >= 4 is 38.9 Å². The van der Waals surface area contributed by atoms with Crippen LogP contribution in [0.1, 0.15) is 5.56 Å². The summed E-state index contributed by atoms with van der Waals surface area (Å²) in [6.45, 7) is 2.08. The zero-order valence-electron chi connectivity index (χ0n) is 17.4. The van der Waals surface area contributed by atoms with Gasteiger partial charge in [-0.25, -0.2) is 0 Å². The summed E-state index contributed by atoms with van der Waals surface area (Å²) in [4.78, 5) is 16.1. The van der Waals surface area contributed by atoms with Gasteiger partial charge in [0.25, 0.3) is 0 Å². The molecule has 1 N–H and O–H groups in total. The third-order valence-electron chi connectivity index (χ3n) is 4.87. The van der Waals surface area contributed by atoms with Crippen LogP contribution < -0.4 is 10.2 Å². The minimum Gasteiger partial charge on any atom is -0.377 e. The van der Waals surface area contributed by atoms with Gasteiger partial charge in [0.2, 0.25) is 0 Å². The fourth-order valence-electron chi connectivity index (χ4n) is 3.49. The molecule has 0 radical (unpaired) electrons. The van der Waals surface area contributed by atoms with Gasteiger partial charge in [0.05, 0.1) is 38.6 Å². The van der Waals surface area contributed by atoms with Crippen LogP contribution in [0.3, 0.4) is 0 Å². The molecule has 0 amide bonds. The van der Waals surface area contributed by atoms with Gasteiger partial charge in [0.15, 0.2) is 0 Å². The predicted molar refractivity (Wildman–Crippen MR) is 124 cm³/mol. The molecule has 4 rings (SSSR count). The van der Waals surface area contributed by atoms with Gasteiger partial charge in [-0.1, -0.05) is 11.6 Å². The van der Waals surface area contributed by atoms with Gasteiger partial charge in [-0.2, -0.15) is 0 Å². The zero-order chi connectivity index (χ0) is 21.3. The second-order valence-corrected chi connectivity index (χ2v) is 8.66. The summed E-state index contributed by atoms with van der Waals surface area (Å²) in [6, 6.07) is 12.2. The monoisotopic (exact) mass is 417 g/mol. The summed E-state index contributed by atoms with van der Waals surface area (Å²) in [7, 11) is 2.93. The summed E-state index contributed by atoms with van der Waals surface area (Å²) < 4.78 is 12.1. The zero-order valence-corrected chi connectivity index (χ0v) is 18.2. The number of nitrogens with zero attached hydrogens (tertiary/aromatic N) is 4. The van der Waals surface area contributed by atoms with E-state index in [2.05, 4.69) is 56.4 Å². The molecule has 4 aromatic rings. The van der Waals surface area contributed by atoms with Crippen molar-refractivity contribution in [3.63, 3.8) is 0 Å². The lowest BCUT2D eigenvalue weighted by Crippen LogP contribution is -2.10. The van der Waals surface area contributed by atoms with Crippen LogP contribution >= 0.6 is 0 Å². The summed E-state index contributed by atoms with van der Waals surface area (Å²) in [5.41, 5.74) is 7.50. The summed E-state index contributed by atoms with van der Waals surface area (Å²) in [5, 5.41) is 3.38. The number of hydrogen-bond donors (Lipinski definition) is 1. The Balaban J connectivity index is 1.93. The van der Waals surface area contributed by atoms with Crippen LogP contribution in [-0.2, 0) is 10.8 Å². The van der Waals surface area contributed by atoms with E-state index in [0.29, 0.717) is 10.6 Å². The molecule has 0 aliphatic carbocycles. The highest BCUT2D eigenvalue weighted by Crippen LogP contribution is 2.37. The van der Waals surface area contributed by atoms with Crippen LogP contribution in [-0.4, -0.2) is 39.5 Å². The number of anilines is 3. The minimum atomic E-state index is -1.13. The van der Waals surface area contributed by atoms with Gasteiger partial charge in [-0.05, 0) is 37.3 Å². The van der Waals surface area contributed by atoms with E-state index in [9.17, 15) is 4.21 Å². The van der Waals surface area contributed by atoms with Crippen molar-refractivity contribution in [3.8, 4) is 11.1 Å². The number of hydrogen-bond acceptors (Lipinski definition) is 6. The Bertz CT molecular complexity index is 1260. The standard InChI is InChI=1S/C23H23N5OS/c1-15-5-6-21(28(2)3)17(11-15)18-12-16(13-19-23(18)26-10-9-25-19)27-20-14-24-8-7-22(20)30(4)29/h5-14,27H,1-4H3. The smallest absolute Gasteiger partial charge is 0.0967 e. The van der Waals surface area contributed by atoms with Crippen LogP contribution in [0.4, 0.5) is 17.1 Å². The molecule has 7 heteroatoms. The first-order valence-electron chi connectivity index (χ1n) is 9.51. The highest BCUT2D eigenvalue weighted by Gasteiger charge is 2.15. The second-order valence-electron chi connectivity index (χ2n) is 7.31. The topological polar surface area (TPSA) is 71.0 Å². The molecule has 0 aliphatic rings. The Labute approximate surface area is 178 Å². The lowest BCUT2D eigenvalue weighted by molar-refractivity contribution is 0.687. The van der Waals surface area contributed by atoms with E-state index < -0.39 is 10.8 Å². The molecule has 1 atom stereocenters. The van der Waals surface area contributed by atoms with E-state index in [-0.39, 0.29) is 0 Å². The van der Waals surface area contributed by atoms with Gasteiger partial charge in [0, 0.05) is 61.4 Å². The molecule has 0 saturated carbocycles. The van der Waals surface area contributed by atoms with Crippen LogP contribution in [0.5, 0.6) is 0 Å². The first-order chi connectivity index (χ1) is 14.4. The fourth-order valence-corrected chi connectivity index (χ4v) is 4.16. The summed E-state index contributed by atoms with van der Waals surface area (Å²) in [5.74, 6) is 0. The average Bonchev–Trinajstić information content (AvgIpc) is 2.73. The third kappa shape index (κ3) is 3.89. The van der Waals surface area contributed by atoms with Gasteiger partial charge >= 0.3 is 0 Å². The van der Waals surface area contributed by atoms with Gasteiger partial charge in [-0.15, -0.1) is 0 Å². The molecule has 30 heavy (non-hydrogen) atoms. The molecule has 1 unspecified atom stereocenters. The van der Waals surface area contributed by atoms with E-state index in [1.807, 2.05) is 20.2 Å². The first-order valence-corrected chi connectivity index (χ1v) is 11.1. The van der Waals surface area contributed by atoms with Crippen molar-refractivity contribution < 1.29 is 4.21 Å². The quantitative estimate of drug-likeness (QED) is 0.514. The molecule has 6 nitrogen and oxygen atoms in total. The maximum Gasteiger partial charge on any atom is 0.0967 e. The summed E-state index contributed by atoms with van der Waals surface area (Å²) >= 11 is 0. The Morgan fingerprint density at radius 2 is 1.77 bits per heavy atom. The van der Waals surface area contributed by atoms with E-state index in [4.69, 9.17) is 0 Å². The first kappa shape index (κ1) is 20.0. The van der Waals surface area contributed by atoms with Crippen LogP contribution in [0, 0.1) is 6.92 Å². The SMILES string of the molecule is Cc1ccc(N(C)C)c(-c2cc(Nc3cnccc3S(C)=O)cc3nccnc23)c1. The van der Waals surface area contributed by atoms with Crippen molar-refractivity contribution in [3.05, 3.63) is 66.7 Å². The van der Waals surface area contributed by atoms with Crippen LogP contribution in [0.15, 0.2) is 66.1 Å². The molecule has 2 aromatic carbocycles. The molecule has 0 spiro atoms. The molecular weight excluding hydrogens is 394 g/mol. The third-order valence-corrected chi connectivity index (χ3v) is 5.84. The number of rotatable bonds is 5. The molecule has 2 heterocycles.